The van der Waals surface area contributed by atoms with E-state index in [2.05, 4.69) is 11.8 Å². The molecule has 1 spiro atoms. The molecule has 0 aromatic heterocycles. The van der Waals surface area contributed by atoms with E-state index in [1.54, 1.807) is 27.4 Å². The summed E-state index contributed by atoms with van der Waals surface area (Å²) in [5.41, 5.74) is -0.881. The van der Waals surface area contributed by atoms with Gasteiger partial charge in [-0.05, 0) is 43.4 Å². The fourth-order valence-electron chi connectivity index (χ4n) is 11.7. The molecule has 6 fully saturated rings. The number of carbonyl (C=O) groups is 1. The molecule has 41 heavy (non-hydrogen) atoms. The van der Waals surface area contributed by atoms with Gasteiger partial charge in [0.05, 0.1) is 30.5 Å². The Morgan fingerprint density at radius 2 is 1.90 bits per heavy atom. The number of likely N-dealkylation sites (tertiary alicyclic amines) is 1. The Kier molecular flexibility index (Phi) is 6.73. The van der Waals surface area contributed by atoms with Gasteiger partial charge >= 0.3 is 5.97 Å². The maximum Gasteiger partial charge on any atom is 0.331 e. The lowest BCUT2D eigenvalue weighted by Gasteiger charge is -2.68. The standard InChI is InChI=1S/C33H45NO7/c1-5-34-17-31(18-38-2)14-13-23(35)33-21-15-20-22(39-3)16-32(37,26(30(33)34)28(40-4)29(31)33)25(21)27(20)41-24(36)12-11-19-9-7-6-8-10-19/h6-12,20-23,25-30,35,37H,5,13-18H2,1-4H3/b12-11+/t20-,21?,22+,23+,25?,26+,27?,28?,29?,30?,31+,32-,33+/m1/s1. The van der Waals surface area contributed by atoms with E-state index in [0.717, 1.165) is 31.5 Å². The molecule has 1 saturated heterocycles. The van der Waals surface area contributed by atoms with Crippen LogP contribution in [0.5, 0.6) is 0 Å². The molecule has 8 heteroatoms. The van der Waals surface area contributed by atoms with Crippen LogP contribution in [0.25, 0.3) is 6.08 Å². The summed E-state index contributed by atoms with van der Waals surface area (Å²) in [7, 11) is 5.24. The van der Waals surface area contributed by atoms with Crippen molar-refractivity contribution in [1.82, 2.24) is 4.90 Å². The van der Waals surface area contributed by atoms with E-state index < -0.39 is 29.2 Å². The van der Waals surface area contributed by atoms with E-state index in [9.17, 15) is 15.0 Å². The van der Waals surface area contributed by atoms with E-state index in [4.69, 9.17) is 18.9 Å². The zero-order valence-electron chi connectivity index (χ0n) is 24.6. The monoisotopic (exact) mass is 567 g/mol. The van der Waals surface area contributed by atoms with Crippen molar-refractivity contribution >= 4 is 12.0 Å². The van der Waals surface area contributed by atoms with E-state index in [0.29, 0.717) is 19.4 Å². The third-order valence-electron chi connectivity index (χ3n) is 12.6. The lowest BCUT2D eigenvalue weighted by atomic mass is 9.43. The molecule has 1 aromatic rings. The molecule has 5 aliphatic carbocycles. The number of piperidine rings is 1. The second-order valence-corrected chi connectivity index (χ2v) is 13.7. The lowest BCUT2D eigenvalue weighted by Crippen LogP contribution is -2.76. The van der Waals surface area contributed by atoms with Crippen LogP contribution in [0.4, 0.5) is 0 Å². The first kappa shape index (κ1) is 28.0. The van der Waals surface area contributed by atoms with Crippen LogP contribution in [0.2, 0.25) is 0 Å². The van der Waals surface area contributed by atoms with Gasteiger partial charge in [-0.15, -0.1) is 0 Å². The SMILES string of the molecule is CCN1C[C@]2(COC)CC[C@H](O)[C@@]34C5C[C@H]6C(OC(=O)/C=C/c7ccccc7)C5[C@](O)(C[C@@H]6OC)[C@@H](C(OC)C23)C14. The van der Waals surface area contributed by atoms with Crippen molar-refractivity contribution in [2.24, 2.45) is 40.4 Å². The smallest absolute Gasteiger partial charge is 0.331 e. The fraction of sp³-hybridized carbons (Fsp3) is 0.727. The molecule has 7 bridgehead atoms. The highest BCUT2D eigenvalue weighted by molar-refractivity contribution is 5.87. The van der Waals surface area contributed by atoms with Crippen molar-refractivity contribution in [3.8, 4) is 0 Å². The average molecular weight is 568 g/mol. The number of carbonyl (C=O) groups excluding carboxylic acids is 1. The van der Waals surface area contributed by atoms with E-state index >= 15 is 0 Å². The molecule has 6 aliphatic rings. The molecule has 0 amide bonds. The van der Waals surface area contributed by atoms with Crippen molar-refractivity contribution in [2.45, 2.75) is 68.7 Å². The zero-order chi connectivity index (χ0) is 28.7. The number of rotatable bonds is 8. The van der Waals surface area contributed by atoms with Gasteiger partial charge in [-0.1, -0.05) is 37.3 Å². The Balaban J connectivity index is 1.34. The van der Waals surface area contributed by atoms with Gasteiger partial charge < -0.3 is 29.2 Å². The molecule has 1 aliphatic heterocycles. The first-order valence-corrected chi connectivity index (χ1v) is 15.4. The lowest BCUT2D eigenvalue weighted by molar-refractivity contribution is -0.273. The van der Waals surface area contributed by atoms with Crippen molar-refractivity contribution in [2.75, 3.05) is 41.0 Å². The predicted octanol–water partition coefficient (Wildman–Crippen LogP) is 2.77. The Morgan fingerprint density at radius 3 is 2.59 bits per heavy atom. The Hall–Kier alpha value is -1.81. The van der Waals surface area contributed by atoms with Crippen molar-refractivity contribution in [3.05, 3.63) is 42.0 Å². The number of esters is 1. The average Bonchev–Trinajstić information content (AvgIpc) is 3.41. The van der Waals surface area contributed by atoms with Gasteiger partial charge in [0.25, 0.3) is 0 Å². The maximum absolute atomic E-state index is 13.3. The second kappa shape index (κ2) is 9.86. The van der Waals surface area contributed by atoms with Crippen LogP contribution >= 0.6 is 0 Å². The van der Waals surface area contributed by atoms with Gasteiger partial charge in [-0.2, -0.15) is 0 Å². The number of hydrogen-bond donors (Lipinski definition) is 2. The molecule has 0 radical (unpaired) electrons. The number of benzene rings is 1. The first-order valence-electron chi connectivity index (χ1n) is 15.4. The summed E-state index contributed by atoms with van der Waals surface area (Å²) >= 11 is 0. The molecule has 8 nitrogen and oxygen atoms in total. The zero-order valence-corrected chi connectivity index (χ0v) is 24.6. The highest BCUT2D eigenvalue weighted by Crippen LogP contribution is 2.79. The fourth-order valence-corrected chi connectivity index (χ4v) is 11.7. The van der Waals surface area contributed by atoms with Gasteiger partial charge in [-0.3, -0.25) is 4.90 Å². The predicted molar refractivity (Wildman–Crippen MR) is 152 cm³/mol. The van der Waals surface area contributed by atoms with E-state index in [1.807, 2.05) is 30.3 Å². The largest absolute Gasteiger partial charge is 0.458 e. The second-order valence-electron chi connectivity index (χ2n) is 13.7. The molecule has 13 atom stereocenters. The van der Waals surface area contributed by atoms with Crippen LogP contribution in [-0.2, 0) is 23.7 Å². The van der Waals surface area contributed by atoms with E-state index in [-0.39, 0.29) is 53.3 Å². The number of nitrogens with zero attached hydrogens (tertiary/aromatic N) is 1. The number of fused-ring (bicyclic) bond motifs is 2. The number of hydrogen-bond acceptors (Lipinski definition) is 8. The minimum Gasteiger partial charge on any atom is -0.458 e. The Bertz CT molecular complexity index is 1190. The third-order valence-corrected chi connectivity index (χ3v) is 12.6. The molecule has 5 saturated carbocycles. The van der Waals surface area contributed by atoms with Crippen molar-refractivity contribution in [3.63, 3.8) is 0 Å². The molecule has 1 heterocycles. The molecule has 7 rings (SSSR count). The van der Waals surface area contributed by atoms with Crippen LogP contribution in [0, 0.1) is 40.4 Å². The minimum absolute atomic E-state index is 0.0161. The Morgan fingerprint density at radius 1 is 1.12 bits per heavy atom. The van der Waals surface area contributed by atoms with Crippen molar-refractivity contribution in [1.29, 1.82) is 0 Å². The molecule has 2 N–H and O–H groups in total. The van der Waals surface area contributed by atoms with Gasteiger partial charge in [-0.25, -0.2) is 4.79 Å². The van der Waals surface area contributed by atoms with Crippen LogP contribution in [0.1, 0.15) is 38.2 Å². The quantitative estimate of drug-likeness (QED) is 0.366. The first-order chi connectivity index (χ1) is 19.8. The minimum atomic E-state index is -1.16. The number of ether oxygens (including phenoxy) is 4. The highest BCUT2D eigenvalue weighted by atomic mass is 16.5. The molecular weight excluding hydrogens is 522 g/mol. The molecular formula is C33H45NO7. The summed E-state index contributed by atoms with van der Waals surface area (Å²) in [6.45, 7) is 4.50. The van der Waals surface area contributed by atoms with Gasteiger partial charge in [0.2, 0.25) is 0 Å². The van der Waals surface area contributed by atoms with Crippen LogP contribution in [0.15, 0.2) is 36.4 Å². The van der Waals surface area contributed by atoms with Gasteiger partial charge in [0.15, 0.2) is 0 Å². The summed E-state index contributed by atoms with van der Waals surface area (Å²) in [5.74, 6) is -0.947. The summed E-state index contributed by atoms with van der Waals surface area (Å²) in [6.07, 6.45) is 4.57. The normalized spacial score (nSPS) is 49.4. The van der Waals surface area contributed by atoms with E-state index in [1.165, 1.54) is 6.08 Å². The van der Waals surface area contributed by atoms with Gasteiger partial charge in [0.1, 0.15) is 6.10 Å². The molecule has 1 aromatic carbocycles. The molecule has 6 unspecified atom stereocenters. The van der Waals surface area contributed by atoms with Gasteiger partial charge in [0, 0.05) is 80.9 Å². The van der Waals surface area contributed by atoms with Crippen LogP contribution in [-0.4, -0.2) is 98.2 Å². The summed E-state index contributed by atoms with van der Waals surface area (Å²) in [6, 6.07) is 9.68. The summed E-state index contributed by atoms with van der Waals surface area (Å²) in [5, 5.41) is 25.2. The van der Waals surface area contributed by atoms with Crippen LogP contribution in [0.3, 0.4) is 0 Å². The number of methoxy groups -OCH3 is 3. The Labute approximate surface area is 243 Å². The van der Waals surface area contributed by atoms with Crippen molar-refractivity contribution < 1.29 is 34.0 Å². The third kappa shape index (κ3) is 3.52. The summed E-state index contributed by atoms with van der Waals surface area (Å²) in [4.78, 5) is 15.8. The topological polar surface area (TPSA) is 97.7 Å². The number of aliphatic hydroxyl groups excluding tert-OH is 1. The molecule has 224 valence electrons. The summed E-state index contributed by atoms with van der Waals surface area (Å²) < 4.78 is 24.7. The highest BCUT2D eigenvalue weighted by Gasteiger charge is 2.86. The number of aliphatic hydroxyl groups is 2. The maximum atomic E-state index is 13.3. The van der Waals surface area contributed by atoms with Crippen LogP contribution < -0.4 is 0 Å².